The van der Waals surface area contributed by atoms with Gasteiger partial charge in [-0.1, -0.05) is 25.1 Å². The zero-order valence-electron chi connectivity index (χ0n) is 11.1. The van der Waals surface area contributed by atoms with E-state index < -0.39 is 0 Å². The van der Waals surface area contributed by atoms with E-state index in [1.54, 1.807) is 0 Å². The summed E-state index contributed by atoms with van der Waals surface area (Å²) in [5.41, 5.74) is 6.75. The van der Waals surface area contributed by atoms with Crippen LogP contribution < -0.4 is 4.57 Å². The molecule has 0 amide bonds. The molecule has 0 bridgehead atoms. The molecule has 1 heterocycles. The van der Waals surface area contributed by atoms with Crippen LogP contribution in [0.4, 0.5) is 0 Å². The molecule has 0 radical (unpaired) electrons. The summed E-state index contributed by atoms with van der Waals surface area (Å²) in [7, 11) is 2.12. The van der Waals surface area contributed by atoms with Crippen LogP contribution in [0.3, 0.4) is 0 Å². The van der Waals surface area contributed by atoms with Crippen LogP contribution >= 0.6 is 0 Å². The Morgan fingerprint density at radius 2 is 1.76 bits per heavy atom. The van der Waals surface area contributed by atoms with E-state index in [-0.39, 0.29) is 0 Å². The quantitative estimate of drug-likeness (QED) is 0.691. The second-order valence-electron chi connectivity index (χ2n) is 4.65. The molecular formula is C16H20N+. The molecule has 1 nitrogen and oxygen atoms in total. The zero-order valence-corrected chi connectivity index (χ0v) is 11.1. The molecule has 0 saturated heterocycles. The van der Waals surface area contributed by atoms with E-state index in [4.69, 9.17) is 0 Å². The molecule has 0 saturated carbocycles. The third-order valence-corrected chi connectivity index (χ3v) is 3.39. The number of aryl methyl sites for hydroxylation is 4. The summed E-state index contributed by atoms with van der Waals surface area (Å²) in [6, 6.07) is 10.9. The van der Waals surface area contributed by atoms with Gasteiger partial charge in [0.25, 0.3) is 0 Å². The average molecular weight is 226 g/mol. The van der Waals surface area contributed by atoms with Crippen molar-refractivity contribution in [2.24, 2.45) is 7.05 Å². The molecule has 1 aromatic heterocycles. The van der Waals surface area contributed by atoms with Gasteiger partial charge in [-0.15, -0.1) is 0 Å². The normalized spacial score (nSPS) is 10.6. The Balaban J connectivity index is 2.64. The monoisotopic (exact) mass is 226 g/mol. The standard InChI is InChI=1S/C16H20N/c1-5-14-10-16(17(4)11-13(14)3)15-9-7-6-8-12(15)2/h6-11H,5H2,1-4H3/q+1. The van der Waals surface area contributed by atoms with Gasteiger partial charge in [0.05, 0.1) is 0 Å². The van der Waals surface area contributed by atoms with Gasteiger partial charge in [-0.25, -0.2) is 4.57 Å². The first kappa shape index (κ1) is 11.8. The fourth-order valence-electron chi connectivity index (χ4n) is 2.33. The minimum atomic E-state index is 1.09. The molecule has 17 heavy (non-hydrogen) atoms. The van der Waals surface area contributed by atoms with E-state index >= 15 is 0 Å². The van der Waals surface area contributed by atoms with Gasteiger partial charge >= 0.3 is 0 Å². The molecule has 0 fully saturated rings. The smallest absolute Gasteiger partial charge is 0.201 e. The van der Waals surface area contributed by atoms with Gasteiger partial charge in [-0.3, -0.25) is 0 Å². The number of nitrogens with zero attached hydrogens (tertiary/aromatic N) is 1. The number of pyridine rings is 1. The summed E-state index contributed by atoms with van der Waals surface area (Å²) in [6.07, 6.45) is 3.31. The van der Waals surface area contributed by atoms with E-state index in [1.165, 1.54) is 27.9 Å². The maximum Gasteiger partial charge on any atom is 0.212 e. The van der Waals surface area contributed by atoms with Gasteiger partial charge in [0, 0.05) is 17.2 Å². The molecule has 2 aromatic rings. The van der Waals surface area contributed by atoms with Gasteiger partial charge in [0.15, 0.2) is 6.20 Å². The van der Waals surface area contributed by atoms with E-state index in [1.807, 2.05) is 0 Å². The largest absolute Gasteiger partial charge is 0.212 e. The van der Waals surface area contributed by atoms with Gasteiger partial charge in [0.1, 0.15) is 7.05 Å². The summed E-state index contributed by atoms with van der Waals surface area (Å²) >= 11 is 0. The average Bonchev–Trinajstić information content (AvgIpc) is 2.31. The minimum Gasteiger partial charge on any atom is -0.201 e. The van der Waals surface area contributed by atoms with Crippen molar-refractivity contribution in [2.75, 3.05) is 0 Å². The van der Waals surface area contributed by atoms with Crippen LogP contribution in [0, 0.1) is 13.8 Å². The van der Waals surface area contributed by atoms with Crippen molar-refractivity contribution in [3.8, 4) is 11.3 Å². The van der Waals surface area contributed by atoms with Gasteiger partial charge in [-0.2, -0.15) is 0 Å². The molecule has 0 aliphatic rings. The van der Waals surface area contributed by atoms with Gasteiger partial charge in [0.2, 0.25) is 5.69 Å². The fraction of sp³-hybridized carbons (Fsp3) is 0.312. The van der Waals surface area contributed by atoms with Crippen LogP contribution in [0.2, 0.25) is 0 Å². The van der Waals surface area contributed by atoms with Crippen LogP contribution in [0.1, 0.15) is 23.6 Å². The number of hydrogen-bond acceptors (Lipinski definition) is 0. The Kier molecular flexibility index (Phi) is 3.28. The fourth-order valence-corrected chi connectivity index (χ4v) is 2.33. The number of rotatable bonds is 2. The molecular weight excluding hydrogens is 206 g/mol. The van der Waals surface area contributed by atoms with Crippen LogP contribution in [-0.4, -0.2) is 0 Å². The molecule has 2 rings (SSSR count). The molecule has 1 heteroatoms. The first-order valence-electron chi connectivity index (χ1n) is 6.18. The molecule has 0 spiro atoms. The molecule has 0 unspecified atom stereocenters. The topological polar surface area (TPSA) is 3.88 Å². The molecule has 0 N–H and O–H groups in total. The van der Waals surface area contributed by atoms with Crippen molar-refractivity contribution in [1.29, 1.82) is 0 Å². The highest BCUT2D eigenvalue weighted by molar-refractivity contribution is 5.61. The lowest BCUT2D eigenvalue weighted by Gasteiger charge is -2.07. The zero-order chi connectivity index (χ0) is 12.4. The van der Waals surface area contributed by atoms with Crippen molar-refractivity contribution in [3.63, 3.8) is 0 Å². The Morgan fingerprint density at radius 3 is 2.41 bits per heavy atom. The van der Waals surface area contributed by atoms with E-state index in [0.717, 1.165) is 6.42 Å². The van der Waals surface area contributed by atoms with E-state index in [0.29, 0.717) is 0 Å². The first-order chi connectivity index (χ1) is 8.13. The third kappa shape index (κ3) is 2.23. The second kappa shape index (κ2) is 4.70. The number of hydrogen-bond donors (Lipinski definition) is 0. The second-order valence-corrected chi connectivity index (χ2v) is 4.65. The van der Waals surface area contributed by atoms with Crippen molar-refractivity contribution in [3.05, 3.63) is 53.2 Å². The Morgan fingerprint density at radius 1 is 1.06 bits per heavy atom. The van der Waals surface area contributed by atoms with Crippen LogP contribution in [0.5, 0.6) is 0 Å². The SMILES string of the molecule is CCc1cc(-c2ccccc2C)[n+](C)cc1C. The van der Waals surface area contributed by atoms with E-state index in [9.17, 15) is 0 Å². The van der Waals surface area contributed by atoms with Crippen LogP contribution in [0.15, 0.2) is 36.5 Å². The van der Waals surface area contributed by atoms with Crippen molar-refractivity contribution in [2.45, 2.75) is 27.2 Å². The lowest BCUT2D eigenvalue weighted by Crippen LogP contribution is -2.31. The lowest BCUT2D eigenvalue weighted by atomic mass is 10.0. The maximum absolute atomic E-state index is 2.32. The molecule has 88 valence electrons. The third-order valence-electron chi connectivity index (χ3n) is 3.39. The minimum absolute atomic E-state index is 1.09. The van der Waals surface area contributed by atoms with E-state index in [2.05, 4.69) is 68.9 Å². The summed E-state index contributed by atoms with van der Waals surface area (Å²) in [5, 5.41) is 0. The summed E-state index contributed by atoms with van der Waals surface area (Å²) in [6.45, 7) is 6.56. The van der Waals surface area contributed by atoms with Gasteiger partial charge < -0.3 is 0 Å². The summed E-state index contributed by atoms with van der Waals surface area (Å²) < 4.78 is 2.22. The predicted octanol–water partition coefficient (Wildman–Crippen LogP) is 3.36. The highest BCUT2D eigenvalue weighted by atomic mass is 14.9. The van der Waals surface area contributed by atoms with Gasteiger partial charge in [-0.05, 0) is 37.5 Å². The molecule has 0 aliphatic heterocycles. The highest BCUT2D eigenvalue weighted by Crippen LogP contribution is 2.21. The highest BCUT2D eigenvalue weighted by Gasteiger charge is 2.14. The lowest BCUT2D eigenvalue weighted by molar-refractivity contribution is -0.660. The molecule has 0 aliphatic carbocycles. The summed E-state index contributed by atoms with van der Waals surface area (Å²) in [4.78, 5) is 0. The van der Waals surface area contributed by atoms with Crippen LogP contribution in [0.25, 0.3) is 11.3 Å². The van der Waals surface area contributed by atoms with Crippen molar-refractivity contribution in [1.82, 2.24) is 0 Å². The van der Waals surface area contributed by atoms with Crippen molar-refractivity contribution < 1.29 is 4.57 Å². The summed E-state index contributed by atoms with van der Waals surface area (Å²) in [5.74, 6) is 0. The molecule has 1 aromatic carbocycles. The number of aromatic nitrogens is 1. The Bertz CT molecular complexity index is 541. The maximum atomic E-state index is 2.32. The van der Waals surface area contributed by atoms with Crippen LogP contribution in [-0.2, 0) is 13.5 Å². The Hall–Kier alpha value is -1.63. The predicted molar refractivity (Wildman–Crippen MR) is 71.9 cm³/mol. The Labute approximate surface area is 104 Å². The first-order valence-corrected chi connectivity index (χ1v) is 6.18. The number of benzene rings is 1. The van der Waals surface area contributed by atoms with Crippen molar-refractivity contribution >= 4 is 0 Å². The molecule has 0 atom stereocenters.